The average molecular weight is 1050 g/mol. The van der Waals surface area contributed by atoms with Gasteiger partial charge in [-0.05, 0) is 79.4 Å². The number of halogens is 17. The molecule has 0 heterocycles. The van der Waals surface area contributed by atoms with Gasteiger partial charge in [0.05, 0.1) is 20.3 Å². The van der Waals surface area contributed by atoms with Crippen LogP contribution in [0.15, 0.2) is 60.2 Å². The van der Waals surface area contributed by atoms with Crippen molar-refractivity contribution >= 4 is 26.1 Å². The summed E-state index contributed by atoms with van der Waals surface area (Å²) in [4.78, 5) is 25.3. The largest absolute Gasteiger partial charge is 0.497 e. The molecule has 0 bridgehead atoms. The summed E-state index contributed by atoms with van der Waals surface area (Å²) in [7, 11) is -1.28. The highest BCUT2D eigenvalue weighted by Gasteiger charge is 2.95. The topological polar surface area (TPSA) is 102 Å². The van der Waals surface area contributed by atoms with Crippen LogP contribution >= 0.6 is 0 Å². The van der Waals surface area contributed by atoms with Gasteiger partial charge in [-0.1, -0.05) is 45.9 Å². The van der Waals surface area contributed by atoms with Gasteiger partial charge in [0.1, 0.15) is 24.2 Å². The minimum absolute atomic E-state index is 0.0226. The Morgan fingerprint density at radius 3 is 1.59 bits per heavy atom. The average Bonchev–Trinajstić information content (AvgIpc) is 3.25. The van der Waals surface area contributed by atoms with E-state index in [1.807, 2.05) is 0 Å². The SMILES string of the molecule is CCOC(=O)/C(C)=C/C[C@H](OC)[C@@H](OC(=O)Nc1ccc(OC)cc1)c1ccc(OCCO[Si](CCC(F)(F)C(F)(F)C(F)(F)C(F)(F)C(F)(F)C(F)(F)C(F)(F)C(F)(F)F)(C(C)C)C(C)C)cc1. The number of alkyl halides is 17. The molecule has 394 valence electrons. The van der Waals surface area contributed by atoms with E-state index in [4.69, 9.17) is 28.1 Å². The molecule has 1 N–H and O–H groups in total. The van der Waals surface area contributed by atoms with Gasteiger partial charge in [0.2, 0.25) is 0 Å². The number of hydrogen-bond donors (Lipinski definition) is 1. The number of amides is 1. The molecule has 0 spiro atoms. The normalized spacial score (nSPS) is 15.0. The summed E-state index contributed by atoms with van der Waals surface area (Å²) < 4.78 is 269. The highest BCUT2D eigenvalue weighted by atomic mass is 28.4. The van der Waals surface area contributed by atoms with Crippen LogP contribution in [0.1, 0.15) is 66.1 Å². The highest BCUT2D eigenvalue weighted by Crippen LogP contribution is 2.64. The second kappa shape index (κ2) is 22.7. The van der Waals surface area contributed by atoms with Crippen molar-refractivity contribution in [1.29, 1.82) is 0 Å². The van der Waals surface area contributed by atoms with Crippen molar-refractivity contribution in [3.8, 4) is 11.5 Å². The molecular weight excluding hydrogens is 998 g/mol. The second-order valence-electron chi connectivity index (χ2n) is 16.0. The summed E-state index contributed by atoms with van der Waals surface area (Å²) in [6, 6.07) is 10.5. The van der Waals surface area contributed by atoms with E-state index in [0.29, 0.717) is 17.0 Å². The summed E-state index contributed by atoms with van der Waals surface area (Å²) in [5.41, 5.74) is -0.936. The Balaban J connectivity index is 2.34. The first-order chi connectivity index (χ1) is 31.4. The first-order valence-corrected chi connectivity index (χ1v) is 22.7. The van der Waals surface area contributed by atoms with Crippen LogP contribution in [0.5, 0.6) is 11.5 Å². The Bertz CT molecular complexity index is 2010. The smallest absolute Gasteiger partial charge is 0.460 e. The number of carbonyl (C=O) groups excluding carboxylic acids is 2. The predicted molar refractivity (Wildman–Crippen MR) is 216 cm³/mol. The zero-order valence-corrected chi connectivity index (χ0v) is 38.9. The molecule has 0 aromatic heterocycles. The van der Waals surface area contributed by atoms with Gasteiger partial charge in [-0.25, -0.2) is 9.59 Å². The second-order valence-corrected chi connectivity index (χ2v) is 21.0. The molecule has 0 radical (unpaired) electrons. The fourth-order valence-electron chi connectivity index (χ4n) is 6.76. The maximum Gasteiger partial charge on any atom is 0.460 e. The van der Waals surface area contributed by atoms with Gasteiger partial charge in [-0.2, -0.15) is 74.6 Å². The molecule has 0 aliphatic rings. The highest BCUT2D eigenvalue weighted by molar-refractivity contribution is 6.76. The molecular formula is C42H50F17NO8Si. The van der Waals surface area contributed by atoms with E-state index < -0.39 is 117 Å². The number of benzene rings is 2. The van der Waals surface area contributed by atoms with Crippen LogP contribution in [0.2, 0.25) is 17.1 Å². The Morgan fingerprint density at radius 2 is 1.14 bits per heavy atom. The van der Waals surface area contributed by atoms with Crippen LogP contribution in [0, 0.1) is 0 Å². The lowest BCUT2D eigenvalue weighted by Crippen LogP contribution is -2.74. The molecule has 27 heteroatoms. The summed E-state index contributed by atoms with van der Waals surface area (Å²) >= 11 is 0. The molecule has 9 nitrogen and oxygen atoms in total. The molecule has 0 aliphatic heterocycles. The van der Waals surface area contributed by atoms with E-state index in [1.54, 1.807) is 19.1 Å². The predicted octanol–water partition coefficient (Wildman–Crippen LogP) is 13.5. The van der Waals surface area contributed by atoms with Gasteiger partial charge in [-0.3, -0.25) is 5.32 Å². The molecule has 2 aromatic rings. The third-order valence-electron chi connectivity index (χ3n) is 11.0. The number of anilines is 1. The van der Waals surface area contributed by atoms with Gasteiger partial charge in [0.15, 0.2) is 14.4 Å². The van der Waals surface area contributed by atoms with Crippen LogP contribution in [0.3, 0.4) is 0 Å². The van der Waals surface area contributed by atoms with Crippen molar-refractivity contribution in [3.05, 3.63) is 65.7 Å². The maximum atomic E-state index is 15.1. The lowest BCUT2D eigenvalue weighted by Gasteiger charge is -2.44. The number of esters is 1. The van der Waals surface area contributed by atoms with Crippen LogP contribution in [-0.4, -0.2) is 108 Å². The third-order valence-corrected chi connectivity index (χ3v) is 16.6. The van der Waals surface area contributed by atoms with E-state index in [9.17, 15) is 75.4 Å². The number of ether oxygens (including phenoxy) is 5. The summed E-state index contributed by atoms with van der Waals surface area (Å²) in [6.45, 7) is 7.45. The molecule has 2 rings (SSSR count). The van der Waals surface area contributed by atoms with Crippen molar-refractivity contribution in [2.45, 2.75) is 131 Å². The Kier molecular flexibility index (Phi) is 19.9. The fourth-order valence-corrected chi connectivity index (χ4v) is 11.2. The lowest BCUT2D eigenvalue weighted by atomic mass is 9.88. The summed E-state index contributed by atoms with van der Waals surface area (Å²) in [6.07, 6.45) is -11.9. The minimum atomic E-state index is -8.71. The van der Waals surface area contributed by atoms with Crippen molar-refractivity contribution in [2.24, 2.45) is 0 Å². The van der Waals surface area contributed by atoms with E-state index >= 15 is 8.78 Å². The lowest BCUT2D eigenvalue weighted by molar-refractivity contribution is -0.461. The van der Waals surface area contributed by atoms with Crippen LogP contribution in [0.25, 0.3) is 0 Å². The van der Waals surface area contributed by atoms with E-state index in [-0.39, 0.29) is 24.4 Å². The van der Waals surface area contributed by atoms with Gasteiger partial charge in [0, 0.05) is 24.8 Å². The molecule has 2 aromatic carbocycles. The number of hydrogen-bond acceptors (Lipinski definition) is 8. The third kappa shape index (κ3) is 12.7. The van der Waals surface area contributed by atoms with Crippen molar-refractivity contribution in [1.82, 2.24) is 0 Å². The Morgan fingerprint density at radius 1 is 0.667 bits per heavy atom. The molecule has 0 unspecified atom stereocenters. The van der Waals surface area contributed by atoms with Gasteiger partial charge in [-0.15, -0.1) is 0 Å². The molecule has 2 atom stereocenters. The van der Waals surface area contributed by atoms with E-state index in [1.165, 1.54) is 91.3 Å². The zero-order chi connectivity index (χ0) is 53.4. The monoisotopic (exact) mass is 1050 g/mol. The molecule has 1 amide bonds. The van der Waals surface area contributed by atoms with Crippen molar-refractivity contribution < 1.29 is 112 Å². The van der Waals surface area contributed by atoms with Gasteiger partial charge < -0.3 is 28.1 Å². The van der Waals surface area contributed by atoms with E-state index in [2.05, 4.69) is 5.32 Å². The number of nitrogens with one attached hydrogen (secondary N) is 1. The van der Waals surface area contributed by atoms with Crippen molar-refractivity contribution in [2.75, 3.05) is 39.4 Å². The molecule has 0 fully saturated rings. The van der Waals surface area contributed by atoms with Crippen LogP contribution in [0.4, 0.5) is 85.1 Å². The summed E-state index contributed by atoms with van der Waals surface area (Å²) in [5.74, 6) is -56.9. The maximum absolute atomic E-state index is 15.1. The van der Waals surface area contributed by atoms with Gasteiger partial charge >= 0.3 is 59.7 Å². The fraction of sp³-hybridized carbons (Fsp3) is 0.619. The number of rotatable bonds is 26. The van der Waals surface area contributed by atoms with Crippen LogP contribution in [-0.2, 0) is 23.4 Å². The minimum Gasteiger partial charge on any atom is -0.497 e. The number of methoxy groups -OCH3 is 2. The molecule has 0 aliphatic carbocycles. The first-order valence-electron chi connectivity index (χ1n) is 20.5. The molecule has 69 heavy (non-hydrogen) atoms. The quantitative estimate of drug-likeness (QED) is 0.0327. The van der Waals surface area contributed by atoms with Gasteiger partial charge in [0.25, 0.3) is 0 Å². The van der Waals surface area contributed by atoms with E-state index in [0.717, 1.165) is 0 Å². The van der Waals surface area contributed by atoms with Crippen molar-refractivity contribution in [3.63, 3.8) is 0 Å². The number of carbonyl (C=O) groups is 2. The standard InChI is InChI=1S/C42H50F17NO8Si/c1-9-65-33(61)26(6)10-19-31(64-8)32(68-34(62)60-28-13-17-29(63-7)18-14-28)27-11-15-30(16-12-27)66-21-22-67-69(24(2)3,25(4)5)23-20-35(43,44)36(45,46)37(47,48)38(49,50)39(51,52)40(53,54)41(55,56)42(57,58)59/h10-18,24-25,31-32H,9,19-23H2,1-8H3,(H,60,62)/b26-10+/t31-,32-/m0/s1. The zero-order valence-electron chi connectivity index (χ0n) is 37.9. The summed E-state index contributed by atoms with van der Waals surface area (Å²) in [5, 5.41) is 2.56. The molecule has 0 saturated carbocycles. The molecule has 0 saturated heterocycles. The Hall–Kier alpha value is -4.53. The van der Waals surface area contributed by atoms with Crippen LogP contribution < -0.4 is 14.8 Å². The first kappa shape index (κ1) is 60.6. The Labute approximate surface area is 386 Å².